The van der Waals surface area contributed by atoms with Gasteiger partial charge in [-0.3, -0.25) is 4.79 Å². The van der Waals surface area contributed by atoms with E-state index >= 15 is 0 Å². The number of hydrogen-bond acceptors (Lipinski definition) is 5. The van der Waals surface area contributed by atoms with Crippen molar-refractivity contribution in [1.82, 2.24) is 0 Å². The summed E-state index contributed by atoms with van der Waals surface area (Å²) in [6.45, 7) is 4.22. The highest BCUT2D eigenvalue weighted by molar-refractivity contribution is 6.10. The summed E-state index contributed by atoms with van der Waals surface area (Å²) in [5.41, 5.74) is 4.81. The Labute approximate surface area is 193 Å². The first kappa shape index (κ1) is 23.3. The number of benzene rings is 3. The molecule has 166 valence electrons. The zero-order valence-corrected chi connectivity index (χ0v) is 18.7. The number of nitrogens with zero attached hydrogens (tertiary/aromatic N) is 1. The van der Waals surface area contributed by atoms with Gasteiger partial charge in [0.25, 0.3) is 5.91 Å². The highest BCUT2D eigenvalue weighted by Gasteiger charge is 2.11. The molecular weight excluding hydrogens is 416 g/mol. The Balaban J connectivity index is 1.62. The van der Waals surface area contributed by atoms with Crippen molar-refractivity contribution in [3.05, 3.63) is 100 Å². The Morgan fingerprint density at radius 3 is 2.30 bits per heavy atom. The Morgan fingerprint density at radius 2 is 1.70 bits per heavy atom. The summed E-state index contributed by atoms with van der Waals surface area (Å²) in [6, 6.07) is 21.7. The maximum absolute atomic E-state index is 12.5. The predicted octanol–water partition coefficient (Wildman–Crippen LogP) is 5.21. The minimum Gasteiger partial charge on any atom is -0.489 e. The number of nitrogens with one attached hydrogen (secondary N) is 1. The van der Waals surface area contributed by atoms with Crippen LogP contribution in [-0.4, -0.2) is 19.0 Å². The van der Waals surface area contributed by atoms with E-state index in [1.165, 1.54) is 13.2 Å². The minimum atomic E-state index is -0.458. The molecule has 33 heavy (non-hydrogen) atoms. The van der Waals surface area contributed by atoms with Crippen LogP contribution in [0, 0.1) is 25.2 Å². The van der Waals surface area contributed by atoms with Crippen LogP contribution in [0.25, 0.3) is 6.08 Å². The van der Waals surface area contributed by atoms with Crippen molar-refractivity contribution in [3.8, 4) is 11.8 Å². The summed E-state index contributed by atoms with van der Waals surface area (Å²) in [7, 11) is 1.34. The number of rotatable bonds is 7. The van der Waals surface area contributed by atoms with Crippen LogP contribution in [0.5, 0.6) is 5.75 Å². The van der Waals surface area contributed by atoms with E-state index in [4.69, 9.17) is 4.74 Å². The van der Waals surface area contributed by atoms with Crippen LogP contribution in [0.1, 0.15) is 32.6 Å². The predicted molar refractivity (Wildman–Crippen MR) is 127 cm³/mol. The van der Waals surface area contributed by atoms with Gasteiger partial charge in [-0.15, -0.1) is 0 Å². The summed E-state index contributed by atoms with van der Waals surface area (Å²) in [5, 5.41) is 12.2. The molecule has 0 bridgehead atoms. The molecule has 0 saturated carbocycles. The first-order valence-electron chi connectivity index (χ1n) is 10.3. The number of carbonyl (C=O) groups excluding carboxylic acids is 2. The SMILES string of the molecule is COC(=O)c1ccc(COc2ccc(/C=C(\C#N)C(=O)Nc3ccc(C)cc3C)cc2)cc1. The average molecular weight is 440 g/mol. The molecule has 6 nitrogen and oxygen atoms in total. The van der Waals surface area contributed by atoms with Crippen molar-refractivity contribution in [3.63, 3.8) is 0 Å². The van der Waals surface area contributed by atoms with Gasteiger partial charge in [0, 0.05) is 5.69 Å². The molecule has 0 spiro atoms. The molecule has 0 radical (unpaired) electrons. The molecule has 0 aliphatic carbocycles. The number of aryl methyl sites for hydroxylation is 2. The molecule has 1 amide bonds. The smallest absolute Gasteiger partial charge is 0.337 e. The molecule has 0 fully saturated rings. The van der Waals surface area contributed by atoms with Gasteiger partial charge in [-0.2, -0.15) is 5.26 Å². The molecular formula is C27H24N2O4. The number of nitriles is 1. The summed E-state index contributed by atoms with van der Waals surface area (Å²) >= 11 is 0. The van der Waals surface area contributed by atoms with E-state index in [9.17, 15) is 14.9 Å². The first-order chi connectivity index (χ1) is 15.9. The van der Waals surface area contributed by atoms with Gasteiger partial charge in [0.1, 0.15) is 24.0 Å². The third-order valence-corrected chi connectivity index (χ3v) is 4.97. The summed E-state index contributed by atoms with van der Waals surface area (Å²) in [5.74, 6) is -0.201. The molecule has 3 aromatic rings. The van der Waals surface area contributed by atoms with E-state index in [2.05, 4.69) is 10.1 Å². The maximum Gasteiger partial charge on any atom is 0.337 e. The normalized spacial score (nSPS) is 10.8. The quantitative estimate of drug-likeness (QED) is 0.309. The van der Waals surface area contributed by atoms with Crippen molar-refractivity contribution in [2.45, 2.75) is 20.5 Å². The van der Waals surface area contributed by atoms with E-state index in [1.807, 2.05) is 38.1 Å². The van der Waals surface area contributed by atoms with Crippen molar-refractivity contribution in [1.29, 1.82) is 5.26 Å². The lowest BCUT2D eigenvalue weighted by Crippen LogP contribution is -2.14. The topological polar surface area (TPSA) is 88.4 Å². The van der Waals surface area contributed by atoms with E-state index in [0.717, 1.165) is 16.7 Å². The molecule has 0 aromatic heterocycles. The molecule has 3 aromatic carbocycles. The van der Waals surface area contributed by atoms with E-state index in [-0.39, 0.29) is 11.5 Å². The number of methoxy groups -OCH3 is 1. The summed E-state index contributed by atoms with van der Waals surface area (Å²) in [4.78, 5) is 24.0. The summed E-state index contributed by atoms with van der Waals surface area (Å²) in [6.07, 6.45) is 1.54. The van der Waals surface area contributed by atoms with Gasteiger partial charge in [0.15, 0.2) is 0 Å². The second kappa shape index (κ2) is 10.8. The van der Waals surface area contributed by atoms with E-state index in [1.54, 1.807) is 48.5 Å². The second-order valence-electron chi connectivity index (χ2n) is 7.49. The molecule has 1 N–H and O–H groups in total. The van der Waals surface area contributed by atoms with Crippen molar-refractivity contribution < 1.29 is 19.1 Å². The van der Waals surface area contributed by atoms with Crippen molar-refractivity contribution in [2.75, 3.05) is 12.4 Å². The zero-order valence-electron chi connectivity index (χ0n) is 18.7. The van der Waals surface area contributed by atoms with Crippen LogP contribution >= 0.6 is 0 Å². The standard InChI is InChI=1S/C27H24N2O4/c1-18-4-13-25(19(2)14-18)29-26(30)23(16-28)15-20-7-11-24(12-8-20)33-17-21-5-9-22(10-6-21)27(31)32-3/h4-15H,17H2,1-3H3,(H,29,30)/b23-15+. The molecule has 0 heterocycles. The van der Waals surface area contributed by atoms with Crippen LogP contribution in [-0.2, 0) is 16.1 Å². The van der Waals surface area contributed by atoms with Gasteiger partial charge in [-0.25, -0.2) is 4.79 Å². The van der Waals surface area contributed by atoms with Gasteiger partial charge in [0.05, 0.1) is 12.7 Å². The Kier molecular flexibility index (Phi) is 7.61. The van der Waals surface area contributed by atoms with Crippen LogP contribution in [0.15, 0.2) is 72.3 Å². The van der Waals surface area contributed by atoms with E-state index in [0.29, 0.717) is 29.2 Å². The number of amides is 1. The van der Waals surface area contributed by atoms with Gasteiger partial charge < -0.3 is 14.8 Å². The number of hydrogen-bond donors (Lipinski definition) is 1. The van der Waals surface area contributed by atoms with Crippen LogP contribution in [0.2, 0.25) is 0 Å². The fourth-order valence-corrected chi connectivity index (χ4v) is 3.14. The highest BCUT2D eigenvalue weighted by atomic mass is 16.5. The fraction of sp³-hybridized carbons (Fsp3) is 0.148. The van der Waals surface area contributed by atoms with Crippen LogP contribution in [0.4, 0.5) is 5.69 Å². The van der Waals surface area contributed by atoms with Gasteiger partial charge in [0.2, 0.25) is 0 Å². The Bertz CT molecular complexity index is 1220. The molecule has 3 rings (SSSR count). The fourth-order valence-electron chi connectivity index (χ4n) is 3.14. The van der Waals surface area contributed by atoms with Gasteiger partial charge in [-0.1, -0.05) is 42.0 Å². The lowest BCUT2D eigenvalue weighted by atomic mass is 10.1. The van der Waals surface area contributed by atoms with Crippen LogP contribution in [0.3, 0.4) is 0 Å². The number of esters is 1. The maximum atomic E-state index is 12.5. The minimum absolute atomic E-state index is 0.00865. The third kappa shape index (κ3) is 6.31. The lowest BCUT2D eigenvalue weighted by molar-refractivity contribution is -0.112. The molecule has 0 unspecified atom stereocenters. The monoisotopic (exact) mass is 440 g/mol. The van der Waals surface area contributed by atoms with E-state index < -0.39 is 5.91 Å². The first-order valence-corrected chi connectivity index (χ1v) is 10.3. The molecule has 0 aliphatic rings. The zero-order chi connectivity index (χ0) is 23.8. The number of ether oxygens (including phenoxy) is 2. The van der Waals surface area contributed by atoms with Gasteiger partial charge >= 0.3 is 5.97 Å². The largest absolute Gasteiger partial charge is 0.489 e. The molecule has 0 aliphatic heterocycles. The van der Waals surface area contributed by atoms with Gasteiger partial charge in [-0.05, 0) is 66.9 Å². The lowest BCUT2D eigenvalue weighted by Gasteiger charge is -2.09. The highest BCUT2D eigenvalue weighted by Crippen LogP contribution is 2.19. The molecule has 0 saturated heterocycles. The molecule has 6 heteroatoms. The Hall–Kier alpha value is -4.37. The number of carbonyl (C=O) groups is 2. The van der Waals surface area contributed by atoms with Crippen molar-refractivity contribution >= 4 is 23.6 Å². The van der Waals surface area contributed by atoms with Crippen molar-refractivity contribution in [2.24, 2.45) is 0 Å². The Morgan fingerprint density at radius 1 is 1.00 bits per heavy atom. The average Bonchev–Trinajstić information content (AvgIpc) is 2.83. The second-order valence-corrected chi connectivity index (χ2v) is 7.49. The van der Waals surface area contributed by atoms with Crippen LogP contribution < -0.4 is 10.1 Å². The summed E-state index contributed by atoms with van der Waals surface area (Å²) < 4.78 is 10.5. The number of anilines is 1. The third-order valence-electron chi connectivity index (χ3n) is 4.97. The molecule has 0 atom stereocenters.